The summed E-state index contributed by atoms with van der Waals surface area (Å²) in [4.78, 5) is 4.05. The summed E-state index contributed by atoms with van der Waals surface area (Å²) in [5.74, 6) is 0. The summed E-state index contributed by atoms with van der Waals surface area (Å²) in [6.45, 7) is 2.51. The number of rotatable bonds is 4. The number of nitrogens with one attached hydrogen (secondary N) is 1. The second kappa shape index (κ2) is 4.20. The van der Waals surface area contributed by atoms with E-state index in [4.69, 9.17) is 10.1 Å². The highest BCUT2D eigenvalue weighted by molar-refractivity contribution is 7.07. The van der Waals surface area contributed by atoms with Crippen LogP contribution in [-0.4, -0.2) is 17.8 Å². The summed E-state index contributed by atoms with van der Waals surface area (Å²) in [5, 5.41) is 8.95. The summed E-state index contributed by atoms with van der Waals surface area (Å²) in [6, 6.07) is 0. The van der Waals surface area contributed by atoms with E-state index in [0.717, 1.165) is 5.69 Å². The van der Waals surface area contributed by atoms with E-state index < -0.39 is 0 Å². The van der Waals surface area contributed by atoms with Crippen LogP contribution in [0.4, 0.5) is 0 Å². The van der Waals surface area contributed by atoms with Gasteiger partial charge in [-0.2, -0.15) is 0 Å². The van der Waals surface area contributed by atoms with Crippen LogP contribution in [0, 0.1) is 5.41 Å². The average molecular weight is 170 g/mol. The molecular formula is C7H10N2OS. The van der Waals surface area contributed by atoms with Crippen LogP contribution in [0.25, 0.3) is 0 Å². The molecule has 1 rings (SSSR count). The molecule has 0 bridgehead atoms. The Balaban J connectivity index is 2.63. The smallest absolute Gasteiger partial charge is 0.135 e. The largest absolute Gasteiger partial charge is 0.366 e. The van der Waals surface area contributed by atoms with Gasteiger partial charge in [-0.05, 0) is 6.92 Å². The fraction of sp³-hybridized carbons (Fsp3) is 0.429. The van der Waals surface area contributed by atoms with E-state index in [1.54, 1.807) is 5.51 Å². The highest BCUT2D eigenvalue weighted by atomic mass is 32.1. The lowest BCUT2D eigenvalue weighted by Gasteiger charge is -2.07. The molecule has 1 unspecified atom stereocenters. The standard InChI is InChI=1S/C7H10N2OS/c1-2-10-7(3-8)6-4-11-5-9-6/h3-5,7-8H,2H2,1H3. The first kappa shape index (κ1) is 8.36. The van der Waals surface area contributed by atoms with E-state index in [2.05, 4.69) is 4.98 Å². The Hall–Kier alpha value is -0.740. The number of ether oxygens (including phenoxy) is 1. The van der Waals surface area contributed by atoms with Crippen LogP contribution in [0.5, 0.6) is 0 Å². The maximum Gasteiger partial charge on any atom is 0.135 e. The number of thiazole rings is 1. The fourth-order valence-corrected chi connectivity index (χ4v) is 1.34. The SMILES string of the molecule is CCOC(C=N)c1cscn1. The van der Waals surface area contributed by atoms with E-state index in [1.807, 2.05) is 12.3 Å². The normalized spacial score (nSPS) is 12.8. The molecule has 0 aliphatic carbocycles. The van der Waals surface area contributed by atoms with Gasteiger partial charge in [-0.25, -0.2) is 4.98 Å². The minimum Gasteiger partial charge on any atom is -0.366 e. The van der Waals surface area contributed by atoms with Crippen LogP contribution in [0.2, 0.25) is 0 Å². The molecule has 0 aliphatic rings. The van der Waals surface area contributed by atoms with Crippen LogP contribution < -0.4 is 0 Å². The highest BCUT2D eigenvalue weighted by Gasteiger charge is 2.08. The number of hydrogen-bond acceptors (Lipinski definition) is 4. The highest BCUT2D eigenvalue weighted by Crippen LogP contribution is 2.14. The van der Waals surface area contributed by atoms with Crippen LogP contribution >= 0.6 is 11.3 Å². The van der Waals surface area contributed by atoms with Crippen molar-refractivity contribution in [3.63, 3.8) is 0 Å². The zero-order chi connectivity index (χ0) is 8.10. The van der Waals surface area contributed by atoms with Crippen molar-refractivity contribution >= 4 is 17.6 Å². The third-order valence-electron chi connectivity index (χ3n) is 1.24. The summed E-state index contributed by atoms with van der Waals surface area (Å²) in [5.41, 5.74) is 2.57. The first-order chi connectivity index (χ1) is 5.38. The predicted octanol–water partition coefficient (Wildman–Crippen LogP) is 1.87. The Morgan fingerprint density at radius 3 is 3.18 bits per heavy atom. The lowest BCUT2D eigenvalue weighted by Crippen LogP contribution is -2.04. The van der Waals surface area contributed by atoms with Gasteiger partial charge in [0.1, 0.15) is 6.10 Å². The van der Waals surface area contributed by atoms with Gasteiger partial charge in [-0.3, -0.25) is 0 Å². The van der Waals surface area contributed by atoms with Crippen molar-refractivity contribution in [3.05, 3.63) is 16.6 Å². The minimum atomic E-state index is -0.258. The molecular weight excluding hydrogens is 160 g/mol. The average Bonchev–Trinajstić information content (AvgIpc) is 2.52. The van der Waals surface area contributed by atoms with Crippen molar-refractivity contribution < 1.29 is 4.74 Å². The van der Waals surface area contributed by atoms with Crippen LogP contribution in [-0.2, 0) is 4.74 Å². The molecule has 0 aliphatic heterocycles. The summed E-state index contributed by atoms with van der Waals surface area (Å²) in [6.07, 6.45) is 1.00. The molecule has 11 heavy (non-hydrogen) atoms. The van der Waals surface area contributed by atoms with Gasteiger partial charge < -0.3 is 10.1 Å². The van der Waals surface area contributed by atoms with E-state index in [0.29, 0.717) is 6.61 Å². The van der Waals surface area contributed by atoms with Crippen LogP contribution in [0.1, 0.15) is 18.7 Å². The van der Waals surface area contributed by atoms with Crippen molar-refractivity contribution in [2.45, 2.75) is 13.0 Å². The van der Waals surface area contributed by atoms with Crippen LogP contribution in [0.3, 0.4) is 0 Å². The first-order valence-electron chi connectivity index (χ1n) is 3.38. The summed E-state index contributed by atoms with van der Waals surface area (Å²) >= 11 is 1.51. The molecule has 1 heterocycles. The molecule has 60 valence electrons. The monoisotopic (exact) mass is 170 g/mol. The molecule has 0 saturated heterocycles. The van der Waals surface area contributed by atoms with Gasteiger partial charge in [-0.1, -0.05) is 0 Å². The molecule has 1 N–H and O–H groups in total. The summed E-state index contributed by atoms with van der Waals surface area (Å²) in [7, 11) is 0. The van der Waals surface area contributed by atoms with E-state index in [9.17, 15) is 0 Å². The molecule has 0 saturated carbocycles. The second-order valence-corrected chi connectivity index (χ2v) is 2.67. The maximum atomic E-state index is 7.05. The van der Waals surface area contributed by atoms with Gasteiger partial charge in [0.05, 0.1) is 11.2 Å². The molecule has 0 amide bonds. The van der Waals surface area contributed by atoms with Crippen molar-refractivity contribution in [1.82, 2.24) is 4.98 Å². The second-order valence-electron chi connectivity index (χ2n) is 1.96. The van der Waals surface area contributed by atoms with Gasteiger partial charge in [0.25, 0.3) is 0 Å². The predicted molar refractivity (Wildman–Crippen MR) is 45.3 cm³/mol. The van der Waals surface area contributed by atoms with E-state index in [1.165, 1.54) is 17.6 Å². The Labute approximate surface area is 69.6 Å². The Kier molecular flexibility index (Phi) is 3.19. The first-order valence-corrected chi connectivity index (χ1v) is 4.33. The molecule has 1 aromatic heterocycles. The Bertz CT molecular complexity index is 210. The zero-order valence-electron chi connectivity index (χ0n) is 6.28. The Morgan fingerprint density at radius 2 is 2.73 bits per heavy atom. The lowest BCUT2D eigenvalue weighted by atomic mass is 10.3. The van der Waals surface area contributed by atoms with Gasteiger partial charge in [0.15, 0.2) is 0 Å². The molecule has 0 spiro atoms. The summed E-state index contributed by atoms with van der Waals surface area (Å²) < 4.78 is 5.24. The third-order valence-corrected chi connectivity index (χ3v) is 1.85. The quantitative estimate of drug-likeness (QED) is 0.701. The maximum absolute atomic E-state index is 7.05. The molecule has 3 nitrogen and oxygen atoms in total. The van der Waals surface area contributed by atoms with E-state index >= 15 is 0 Å². The van der Waals surface area contributed by atoms with Crippen molar-refractivity contribution in [2.24, 2.45) is 0 Å². The van der Waals surface area contributed by atoms with Crippen molar-refractivity contribution in [1.29, 1.82) is 5.41 Å². The molecule has 4 heteroatoms. The fourth-order valence-electron chi connectivity index (χ4n) is 0.761. The number of hydrogen-bond donors (Lipinski definition) is 1. The third kappa shape index (κ3) is 2.10. The number of nitrogens with zero attached hydrogens (tertiary/aromatic N) is 1. The Morgan fingerprint density at radius 1 is 1.91 bits per heavy atom. The van der Waals surface area contributed by atoms with E-state index in [-0.39, 0.29) is 6.10 Å². The molecule has 0 fully saturated rings. The zero-order valence-corrected chi connectivity index (χ0v) is 7.10. The van der Waals surface area contributed by atoms with Gasteiger partial charge in [0.2, 0.25) is 0 Å². The van der Waals surface area contributed by atoms with Crippen molar-refractivity contribution in [3.8, 4) is 0 Å². The van der Waals surface area contributed by atoms with Gasteiger partial charge in [-0.15, -0.1) is 11.3 Å². The van der Waals surface area contributed by atoms with Crippen molar-refractivity contribution in [2.75, 3.05) is 6.61 Å². The molecule has 1 aromatic rings. The van der Waals surface area contributed by atoms with Crippen LogP contribution in [0.15, 0.2) is 10.9 Å². The molecule has 1 atom stereocenters. The number of aromatic nitrogens is 1. The van der Waals surface area contributed by atoms with Gasteiger partial charge in [0, 0.05) is 18.2 Å². The van der Waals surface area contributed by atoms with Gasteiger partial charge >= 0.3 is 0 Å². The lowest BCUT2D eigenvalue weighted by molar-refractivity contribution is 0.111. The minimum absolute atomic E-state index is 0.258. The topological polar surface area (TPSA) is 46.0 Å². The molecule has 0 aromatic carbocycles. The molecule has 0 radical (unpaired) electrons.